The maximum atomic E-state index is 14.6. The third-order valence-electron chi connectivity index (χ3n) is 5.53. The van der Waals surface area contributed by atoms with E-state index < -0.39 is 29.0 Å². The Balaban J connectivity index is 2.00. The Morgan fingerprint density at radius 1 is 1.00 bits per heavy atom. The molecule has 3 aromatic carbocycles. The fraction of sp³-hybridized carbons (Fsp3) is 0.120. The number of carbonyl (C=O) groups is 2. The molecule has 0 aliphatic carbocycles. The van der Waals surface area contributed by atoms with Crippen molar-refractivity contribution in [3.8, 4) is 5.75 Å². The summed E-state index contributed by atoms with van der Waals surface area (Å²) in [5, 5.41) is 19.4. The summed E-state index contributed by atoms with van der Waals surface area (Å²) in [4.78, 5) is 25.8. The molecule has 1 heterocycles. The molecule has 3 aromatic rings. The van der Waals surface area contributed by atoms with Crippen molar-refractivity contribution in [1.29, 1.82) is 0 Å². The van der Waals surface area contributed by atoms with Crippen molar-refractivity contribution in [3.05, 3.63) is 101 Å². The lowest BCUT2D eigenvalue weighted by atomic mass is 9.78. The Morgan fingerprint density at radius 3 is 2.13 bits per heavy atom. The van der Waals surface area contributed by atoms with Crippen LogP contribution in [0.5, 0.6) is 5.75 Å². The van der Waals surface area contributed by atoms with Crippen LogP contribution in [0.2, 0.25) is 0 Å². The van der Waals surface area contributed by atoms with E-state index in [1.54, 1.807) is 11.9 Å². The van der Waals surface area contributed by atoms with Crippen LogP contribution in [-0.4, -0.2) is 34.0 Å². The van der Waals surface area contributed by atoms with Crippen molar-refractivity contribution >= 4 is 23.1 Å². The summed E-state index contributed by atoms with van der Waals surface area (Å²) < 4.78 is 14.6. The number of carboxylic acids is 1. The van der Waals surface area contributed by atoms with Crippen LogP contribution in [0.4, 0.5) is 4.39 Å². The Bertz CT molecular complexity index is 1170. The van der Waals surface area contributed by atoms with Gasteiger partial charge in [-0.15, -0.1) is 0 Å². The number of allylic oxidation sites excluding steroid dienone is 1. The molecule has 0 fully saturated rings. The number of carbonyl (C=O) groups excluding carboxylic acids is 1. The highest BCUT2D eigenvalue weighted by molar-refractivity contribution is 6.04. The average Bonchev–Trinajstić information content (AvgIpc) is 2.75. The fourth-order valence-corrected chi connectivity index (χ4v) is 4.09. The van der Waals surface area contributed by atoms with Crippen LogP contribution in [0.1, 0.15) is 39.4 Å². The van der Waals surface area contributed by atoms with Crippen LogP contribution in [0, 0.1) is 5.82 Å². The molecule has 0 bridgehead atoms. The van der Waals surface area contributed by atoms with E-state index in [1.807, 2.05) is 60.7 Å². The molecule has 1 unspecified atom stereocenters. The molecular weight excluding hydrogens is 397 g/mol. The first-order valence-electron chi connectivity index (χ1n) is 9.75. The minimum absolute atomic E-state index is 0.0579. The molecule has 1 aliphatic heterocycles. The first-order valence-corrected chi connectivity index (χ1v) is 9.75. The second-order valence-electron chi connectivity index (χ2n) is 7.41. The molecule has 156 valence electrons. The number of hydrogen-bond donors (Lipinski definition) is 2. The van der Waals surface area contributed by atoms with Crippen LogP contribution in [0.15, 0.2) is 72.8 Å². The largest absolute Gasteiger partial charge is 0.507 e. The number of rotatable bonds is 4. The maximum absolute atomic E-state index is 14.6. The highest BCUT2D eigenvalue weighted by atomic mass is 19.1. The summed E-state index contributed by atoms with van der Waals surface area (Å²) in [7, 11) is 1.70. The van der Waals surface area contributed by atoms with Gasteiger partial charge in [0.15, 0.2) is 0 Å². The molecule has 2 N–H and O–H groups in total. The fourth-order valence-electron chi connectivity index (χ4n) is 4.09. The number of carboxylic acid groups (broad SMARTS) is 1. The normalized spacial score (nSPS) is 16.5. The summed E-state index contributed by atoms with van der Waals surface area (Å²) in [6, 6.07) is 21.2. The van der Waals surface area contributed by atoms with Crippen LogP contribution < -0.4 is 0 Å². The lowest BCUT2D eigenvalue weighted by molar-refractivity contribution is -0.127. The zero-order chi connectivity index (χ0) is 22.1. The van der Waals surface area contributed by atoms with Gasteiger partial charge in [0.1, 0.15) is 17.1 Å². The van der Waals surface area contributed by atoms with Crippen molar-refractivity contribution in [3.63, 3.8) is 0 Å². The first kappa shape index (κ1) is 20.3. The molecule has 0 saturated carbocycles. The van der Waals surface area contributed by atoms with Crippen LogP contribution in [-0.2, 0) is 4.79 Å². The van der Waals surface area contributed by atoms with Gasteiger partial charge in [0.25, 0.3) is 0 Å². The van der Waals surface area contributed by atoms with Crippen molar-refractivity contribution in [2.24, 2.45) is 0 Å². The zero-order valence-electron chi connectivity index (χ0n) is 16.7. The number of halogens is 1. The SMILES string of the molecule is CN1C(=O)CC(c2cc(O)c(C(=O)O)c(F)c2)C(c2ccccc2)=C1c1ccccc1. The van der Waals surface area contributed by atoms with Crippen molar-refractivity contribution in [2.45, 2.75) is 12.3 Å². The number of hydrogen-bond acceptors (Lipinski definition) is 3. The summed E-state index contributed by atoms with van der Waals surface area (Å²) in [6.45, 7) is 0. The Kier molecular flexibility index (Phi) is 5.29. The number of amides is 1. The molecule has 0 saturated heterocycles. The van der Waals surface area contributed by atoms with Crippen LogP contribution in [0.3, 0.4) is 0 Å². The summed E-state index contributed by atoms with van der Waals surface area (Å²) in [5.74, 6) is -3.98. The lowest BCUT2D eigenvalue weighted by Gasteiger charge is -2.35. The minimum atomic E-state index is -1.55. The van der Waals surface area contributed by atoms with E-state index in [4.69, 9.17) is 0 Å². The molecule has 0 aromatic heterocycles. The lowest BCUT2D eigenvalue weighted by Crippen LogP contribution is -2.33. The Morgan fingerprint density at radius 2 is 1.58 bits per heavy atom. The molecule has 1 amide bonds. The van der Waals surface area contributed by atoms with Crippen molar-refractivity contribution < 1.29 is 24.2 Å². The highest BCUT2D eigenvalue weighted by Gasteiger charge is 2.35. The summed E-state index contributed by atoms with van der Waals surface area (Å²) >= 11 is 0. The van der Waals surface area contributed by atoms with E-state index in [-0.39, 0.29) is 12.3 Å². The molecule has 0 radical (unpaired) electrons. The number of nitrogens with zero attached hydrogens (tertiary/aromatic N) is 1. The molecule has 6 heteroatoms. The molecule has 31 heavy (non-hydrogen) atoms. The standard InChI is InChI=1S/C25H20FNO4/c1-27-21(29)14-18(17-12-19(26)23(25(30)31)20(28)13-17)22(15-8-4-2-5-9-15)24(27)16-10-6-3-7-11-16/h2-13,18,28H,14H2,1H3,(H,30,31). The molecule has 1 atom stereocenters. The molecular formula is C25H20FNO4. The number of benzene rings is 3. The van der Waals surface area contributed by atoms with Gasteiger partial charge in [-0.1, -0.05) is 60.7 Å². The van der Waals surface area contributed by atoms with Gasteiger partial charge in [-0.25, -0.2) is 9.18 Å². The molecule has 5 nitrogen and oxygen atoms in total. The van der Waals surface area contributed by atoms with Gasteiger partial charge in [0.05, 0.1) is 5.70 Å². The van der Waals surface area contributed by atoms with Crippen LogP contribution in [0.25, 0.3) is 11.3 Å². The van der Waals surface area contributed by atoms with Gasteiger partial charge in [0.2, 0.25) is 5.91 Å². The smallest absolute Gasteiger partial charge is 0.342 e. The Hall–Kier alpha value is -3.93. The Labute approximate surface area is 178 Å². The first-order chi connectivity index (χ1) is 14.9. The van der Waals surface area contributed by atoms with E-state index in [0.29, 0.717) is 11.3 Å². The molecule has 4 rings (SSSR count). The second kappa shape index (κ2) is 8.07. The predicted octanol–water partition coefficient (Wildman–Crippen LogP) is 4.74. The third kappa shape index (κ3) is 3.68. The maximum Gasteiger partial charge on any atom is 0.342 e. The van der Waals surface area contributed by atoms with E-state index in [2.05, 4.69) is 0 Å². The second-order valence-corrected chi connectivity index (χ2v) is 7.41. The number of aromatic hydroxyl groups is 1. The van der Waals surface area contributed by atoms with E-state index in [0.717, 1.165) is 22.8 Å². The monoisotopic (exact) mass is 417 g/mol. The number of phenols is 1. The summed E-state index contributed by atoms with van der Waals surface area (Å²) in [6.07, 6.45) is 0.0579. The average molecular weight is 417 g/mol. The van der Waals surface area contributed by atoms with Gasteiger partial charge < -0.3 is 15.1 Å². The third-order valence-corrected chi connectivity index (χ3v) is 5.53. The van der Waals surface area contributed by atoms with Crippen molar-refractivity contribution in [1.82, 2.24) is 4.90 Å². The van der Waals surface area contributed by atoms with Crippen molar-refractivity contribution in [2.75, 3.05) is 7.05 Å². The molecule has 1 aliphatic rings. The summed E-state index contributed by atoms with van der Waals surface area (Å²) in [5.41, 5.74) is 2.73. The topological polar surface area (TPSA) is 77.8 Å². The van der Waals surface area contributed by atoms with Gasteiger partial charge in [-0.05, 0) is 34.4 Å². The van der Waals surface area contributed by atoms with Gasteiger partial charge in [0, 0.05) is 19.4 Å². The van der Waals surface area contributed by atoms with Gasteiger partial charge in [-0.3, -0.25) is 4.79 Å². The van der Waals surface area contributed by atoms with Crippen LogP contribution >= 0.6 is 0 Å². The van der Waals surface area contributed by atoms with E-state index in [1.165, 1.54) is 6.07 Å². The van der Waals surface area contributed by atoms with Gasteiger partial charge in [-0.2, -0.15) is 0 Å². The minimum Gasteiger partial charge on any atom is -0.507 e. The van der Waals surface area contributed by atoms with E-state index in [9.17, 15) is 24.2 Å². The highest BCUT2D eigenvalue weighted by Crippen LogP contribution is 2.46. The van der Waals surface area contributed by atoms with E-state index >= 15 is 0 Å². The molecule has 0 spiro atoms. The zero-order valence-corrected chi connectivity index (χ0v) is 16.7. The quantitative estimate of drug-likeness (QED) is 0.643. The number of aromatic carboxylic acids is 1. The predicted molar refractivity (Wildman–Crippen MR) is 115 cm³/mol. The van der Waals surface area contributed by atoms with Gasteiger partial charge >= 0.3 is 5.97 Å².